The van der Waals surface area contributed by atoms with Crippen LogP contribution >= 0.6 is 0 Å². The van der Waals surface area contributed by atoms with Crippen LogP contribution < -0.4 is 19.3 Å². The molecule has 10 nitrogen and oxygen atoms in total. The van der Waals surface area contributed by atoms with Crippen molar-refractivity contribution in [2.24, 2.45) is 5.92 Å². The summed E-state index contributed by atoms with van der Waals surface area (Å²) in [4.78, 5) is 44.0. The molecule has 1 atom stereocenters. The summed E-state index contributed by atoms with van der Waals surface area (Å²) in [6.45, 7) is 14.8. The molecule has 0 radical (unpaired) electrons. The van der Waals surface area contributed by atoms with E-state index < -0.39 is 36.2 Å². The summed E-state index contributed by atoms with van der Waals surface area (Å²) in [6.07, 6.45) is -1.21. The molecule has 0 saturated carbocycles. The predicted molar refractivity (Wildman–Crippen MR) is 167 cm³/mol. The largest absolute Gasteiger partial charge is 0.497 e. The van der Waals surface area contributed by atoms with Gasteiger partial charge in [-0.3, -0.25) is 0 Å². The average Bonchev–Trinajstić information content (AvgIpc) is 2.93. The second-order valence-electron chi connectivity index (χ2n) is 11.3. The lowest BCUT2D eigenvalue weighted by molar-refractivity contribution is -0.161. The number of hydrogen-bond acceptors (Lipinski definition) is 10. The van der Waals surface area contributed by atoms with Crippen molar-refractivity contribution in [1.82, 2.24) is 0 Å². The number of methoxy groups -OCH3 is 2. The van der Waals surface area contributed by atoms with Gasteiger partial charge in [0.05, 0.1) is 32.5 Å². The first-order valence-corrected chi connectivity index (χ1v) is 14.7. The maximum absolute atomic E-state index is 13.5. The van der Waals surface area contributed by atoms with E-state index >= 15 is 0 Å². The Bertz CT molecular complexity index is 1140. The molecule has 0 amide bonds. The SMILES string of the molecule is COc1ccc(N(CCN(c2ccc(OC)cc2)C(C(=O)OC(C)C)C(C)C)C(C(=O)OC(C)C)C(=O)OC(C)C)cc1. The Labute approximate surface area is 256 Å². The van der Waals surface area contributed by atoms with Crippen LogP contribution in [-0.2, 0) is 28.6 Å². The smallest absolute Gasteiger partial charge is 0.340 e. The Kier molecular flexibility index (Phi) is 13.6. The Morgan fingerprint density at radius 2 is 0.907 bits per heavy atom. The van der Waals surface area contributed by atoms with E-state index in [1.807, 2.05) is 56.9 Å². The van der Waals surface area contributed by atoms with Crippen molar-refractivity contribution in [3.63, 3.8) is 0 Å². The Balaban J connectivity index is 2.65. The van der Waals surface area contributed by atoms with Gasteiger partial charge in [0, 0.05) is 24.5 Å². The second-order valence-corrected chi connectivity index (χ2v) is 11.3. The van der Waals surface area contributed by atoms with E-state index in [0.29, 0.717) is 17.2 Å². The minimum Gasteiger partial charge on any atom is -0.497 e. The molecule has 10 heteroatoms. The van der Waals surface area contributed by atoms with Gasteiger partial charge in [0.2, 0.25) is 6.04 Å². The third kappa shape index (κ3) is 10.4. The molecule has 2 aromatic rings. The second kappa shape index (κ2) is 16.6. The van der Waals surface area contributed by atoms with Crippen molar-refractivity contribution in [3.05, 3.63) is 48.5 Å². The Morgan fingerprint density at radius 3 is 1.26 bits per heavy atom. The molecule has 0 aliphatic carbocycles. The van der Waals surface area contributed by atoms with Crippen molar-refractivity contribution in [1.29, 1.82) is 0 Å². The monoisotopic (exact) mass is 600 g/mol. The maximum atomic E-state index is 13.5. The molecule has 0 fully saturated rings. The topological polar surface area (TPSA) is 104 Å². The van der Waals surface area contributed by atoms with E-state index in [4.69, 9.17) is 23.7 Å². The molecule has 0 bridgehead atoms. The average molecular weight is 601 g/mol. The van der Waals surface area contributed by atoms with Crippen molar-refractivity contribution >= 4 is 29.3 Å². The highest BCUT2D eigenvalue weighted by atomic mass is 16.6. The van der Waals surface area contributed by atoms with Gasteiger partial charge in [-0.2, -0.15) is 0 Å². The van der Waals surface area contributed by atoms with Crippen LogP contribution in [0.15, 0.2) is 48.5 Å². The fourth-order valence-corrected chi connectivity index (χ4v) is 4.60. The van der Waals surface area contributed by atoms with Crippen molar-refractivity contribution in [2.45, 2.75) is 85.8 Å². The minimum absolute atomic E-state index is 0.129. The number of esters is 3. The van der Waals surface area contributed by atoms with Gasteiger partial charge < -0.3 is 33.5 Å². The van der Waals surface area contributed by atoms with Crippen LogP contribution in [0.1, 0.15) is 55.4 Å². The van der Waals surface area contributed by atoms with Crippen LogP contribution in [0.2, 0.25) is 0 Å². The molecular formula is C33H48N2O8. The van der Waals surface area contributed by atoms with Crippen molar-refractivity contribution in [2.75, 3.05) is 37.1 Å². The lowest BCUT2D eigenvalue weighted by atomic mass is 10.0. The number of benzene rings is 2. The van der Waals surface area contributed by atoms with Crippen LogP contribution in [0.25, 0.3) is 0 Å². The number of rotatable bonds is 16. The highest BCUT2D eigenvalue weighted by Crippen LogP contribution is 2.28. The number of carbonyl (C=O) groups excluding carboxylic acids is 3. The van der Waals surface area contributed by atoms with Crippen molar-refractivity contribution in [3.8, 4) is 11.5 Å². The summed E-state index contributed by atoms with van der Waals surface area (Å²) < 4.78 is 27.4. The van der Waals surface area contributed by atoms with Crippen molar-refractivity contribution < 1.29 is 38.1 Å². The van der Waals surface area contributed by atoms with Gasteiger partial charge in [0.1, 0.15) is 17.5 Å². The lowest BCUT2D eigenvalue weighted by Crippen LogP contribution is -2.54. The lowest BCUT2D eigenvalue weighted by Gasteiger charge is -2.38. The molecule has 0 heterocycles. The molecule has 43 heavy (non-hydrogen) atoms. The van der Waals surface area contributed by atoms with Crippen LogP contribution in [0.4, 0.5) is 11.4 Å². The summed E-state index contributed by atoms with van der Waals surface area (Å²) in [5.74, 6) is -0.672. The van der Waals surface area contributed by atoms with E-state index in [0.717, 1.165) is 5.69 Å². The number of nitrogens with zero attached hydrogens (tertiary/aromatic N) is 2. The molecule has 2 aromatic carbocycles. The number of hydrogen-bond donors (Lipinski definition) is 0. The van der Waals surface area contributed by atoms with E-state index in [-0.39, 0.29) is 31.1 Å². The summed E-state index contributed by atoms with van der Waals surface area (Å²) in [5.41, 5.74) is 1.33. The molecule has 2 rings (SSSR count). The molecule has 0 spiro atoms. The number of carbonyl (C=O) groups is 3. The van der Waals surface area contributed by atoms with Gasteiger partial charge in [-0.05, 0) is 96.0 Å². The summed E-state index contributed by atoms with van der Waals surface area (Å²) in [6, 6.07) is 12.4. The molecule has 0 aliphatic heterocycles. The van der Waals surface area contributed by atoms with Crippen LogP contribution in [0.3, 0.4) is 0 Å². The van der Waals surface area contributed by atoms with Crippen LogP contribution in [0, 0.1) is 5.92 Å². The van der Waals surface area contributed by atoms with Gasteiger partial charge in [-0.15, -0.1) is 0 Å². The van der Waals surface area contributed by atoms with Gasteiger partial charge >= 0.3 is 17.9 Å². The summed E-state index contributed by atoms with van der Waals surface area (Å²) >= 11 is 0. The van der Waals surface area contributed by atoms with E-state index in [1.54, 1.807) is 71.1 Å². The quantitative estimate of drug-likeness (QED) is 0.144. The zero-order chi connectivity index (χ0) is 32.3. The fourth-order valence-electron chi connectivity index (χ4n) is 4.60. The van der Waals surface area contributed by atoms with Crippen LogP contribution in [0.5, 0.6) is 11.5 Å². The first-order valence-electron chi connectivity index (χ1n) is 14.7. The molecular weight excluding hydrogens is 552 g/mol. The third-order valence-corrected chi connectivity index (χ3v) is 6.41. The fraction of sp³-hybridized carbons (Fsp3) is 0.545. The standard InChI is InChI=1S/C33H48N2O8/c1-21(2)29(31(36)41-22(3)4)34(25-11-15-27(39-9)16-12-25)19-20-35(26-13-17-28(40-10)18-14-26)30(32(37)42-23(5)6)33(38)43-24(7)8/h11-18,21-24,29-30H,19-20H2,1-10H3. The normalized spacial score (nSPS) is 12.0. The third-order valence-electron chi connectivity index (χ3n) is 6.41. The van der Waals surface area contributed by atoms with E-state index in [1.165, 1.54) is 0 Å². The summed E-state index contributed by atoms with van der Waals surface area (Å²) in [7, 11) is 3.15. The maximum Gasteiger partial charge on any atom is 0.340 e. The Hall–Kier alpha value is -3.95. The minimum atomic E-state index is -1.39. The van der Waals surface area contributed by atoms with Gasteiger partial charge in [-0.25, -0.2) is 14.4 Å². The molecule has 0 saturated heterocycles. The Morgan fingerprint density at radius 1 is 0.558 bits per heavy atom. The number of anilines is 2. The predicted octanol–water partition coefficient (Wildman–Crippen LogP) is 5.26. The van der Waals surface area contributed by atoms with E-state index in [9.17, 15) is 14.4 Å². The summed E-state index contributed by atoms with van der Waals surface area (Å²) in [5, 5.41) is 0. The molecule has 0 aliphatic rings. The molecule has 0 aromatic heterocycles. The first kappa shape index (κ1) is 35.2. The number of ether oxygens (including phenoxy) is 5. The first-order chi connectivity index (χ1) is 20.3. The van der Waals surface area contributed by atoms with Gasteiger partial charge in [0.15, 0.2) is 0 Å². The zero-order valence-electron chi connectivity index (χ0n) is 27.2. The van der Waals surface area contributed by atoms with Gasteiger partial charge in [0.25, 0.3) is 0 Å². The molecule has 1 unspecified atom stereocenters. The zero-order valence-corrected chi connectivity index (χ0v) is 27.2. The highest BCUT2D eigenvalue weighted by Gasteiger charge is 2.39. The van der Waals surface area contributed by atoms with Crippen LogP contribution in [-0.4, -0.2) is 75.6 Å². The van der Waals surface area contributed by atoms with Gasteiger partial charge in [-0.1, -0.05) is 13.8 Å². The molecule has 0 N–H and O–H groups in total. The van der Waals surface area contributed by atoms with E-state index in [2.05, 4.69) is 0 Å². The highest BCUT2D eigenvalue weighted by molar-refractivity contribution is 6.02. The molecule has 238 valence electrons.